The van der Waals surface area contributed by atoms with E-state index in [-0.39, 0.29) is 0 Å². The molecule has 1 heterocycles. The second-order valence-electron chi connectivity index (χ2n) is 5.04. The van der Waals surface area contributed by atoms with Crippen molar-refractivity contribution in [3.05, 3.63) is 15.6 Å². The standard InChI is InChI=1S/C14H26N2OS/c1-6-12-11(4)18-14(16-12)13(9-10(2)3)15-7-8-17-5/h10,13,15H,6-9H2,1-5H3. The molecule has 18 heavy (non-hydrogen) atoms. The molecule has 0 aromatic carbocycles. The Bertz CT molecular complexity index is 350. The summed E-state index contributed by atoms with van der Waals surface area (Å²) in [6.07, 6.45) is 2.15. The second-order valence-corrected chi connectivity index (χ2v) is 6.27. The number of nitrogens with zero attached hydrogens (tertiary/aromatic N) is 1. The van der Waals surface area contributed by atoms with Crippen molar-refractivity contribution < 1.29 is 4.74 Å². The lowest BCUT2D eigenvalue weighted by molar-refractivity contribution is 0.194. The van der Waals surface area contributed by atoms with Crippen LogP contribution in [-0.4, -0.2) is 25.2 Å². The van der Waals surface area contributed by atoms with Crippen LogP contribution in [0.1, 0.15) is 48.8 Å². The van der Waals surface area contributed by atoms with Crippen LogP contribution in [0.2, 0.25) is 0 Å². The molecule has 1 N–H and O–H groups in total. The summed E-state index contributed by atoms with van der Waals surface area (Å²) in [5.41, 5.74) is 1.25. The molecule has 0 aliphatic carbocycles. The number of hydrogen-bond donors (Lipinski definition) is 1. The SMILES string of the molecule is CCc1nc(C(CC(C)C)NCCOC)sc1C. The van der Waals surface area contributed by atoms with Gasteiger partial charge in [0.1, 0.15) is 5.01 Å². The number of methoxy groups -OCH3 is 1. The fraction of sp³-hybridized carbons (Fsp3) is 0.786. The van der Waals surface area contributed by atoms with Gasteiger partial charge in [-0.2, -0.15) is 0 Å². The van der Waals surface area contributed by atoms with E-state index >= 15 is 0 Å². The molecular weight excluding hydrogens is 244 g/mol. The van der Waals surface area contributed by atoms with Gasteiger partial charge in [-0.15, -0.1) is 11.3 Å². The van der Waals surface area contributed by atoms with Crippen molar-refractivity contribution >= 4 is 11.3 Å². The Hall–Kier alpha value is -0.450. The lowest BCUT2D eigenvalue weighted by Gasteiger charge is -2.18. The minimum absolute atomic E-state index is 0.365. The third-order valence-corrected chi connectivity index (χ3v) is 4.07. The highest BCUT2D eigenvalue weighted by Gasteiger charge is 2.17. The maximum Gasteiger partial charge on any atom is 0.110 e. The zero-order chi connectivity index (χ0) is 13.5. The minimum atomic E-state index is 0.365. The molecule has 0 amide bonds. The molecular formula is C14H26N2OS. The number of hydrogen-bond acceptors (Lipinski definition) is 4. The molecule has 1 unspecified atom stereocenters. The maximum atomic E-state index is 5.10. The Labute approximate surface area is 115 Å². The van der Waals surface area contributed by atoms with Gasteiger partial charge in [0.05, 0.1) is 18.3 Å². The van der Waals surface area contributed by atoms with Gasteiger partial charge in [0, 0.05) is 18.5 Å². The van der Waals surface area contributed by atoms with Crippen LogP contribution in [0.3, 0.4) is 0 Å². The van der Waals surface area contributed by atoms with E-state index in [1.807, 2.05) is 11.3 Å². The first-order chi connectivity index (χ1) is 8.58. The summed E-state index contributed by atoms with van der Waals surface area (Å²) in [6.45, 7) is 10.5. The number of aryl methyl sites for hydroxylation is 2. The van der Waals surface area contributed by atoms with Crippen LogP contribution in [0.15, 0.2) is 0 Å². The highest BCUT2D eigenvalue weighted by molar-refractivity contribution is 7.11. The maximum absolute atomic E-state index is 5.10. The summed E-state index contributed by atoms with van der Waals surface area (Å²) in [5, 5.41) is 4.79. The Morgan fingerprint density at radius 2 is 2.11 bits per heavy atom. The molecule has 104 valence electrons. The topological polar surface area (TPSA) is 34.2 Å². The summed E-state index contributed by atoms with van der Waals surface area (Å²) in [4.78, 5) is 6.13. The molecule has 0 spiro atoms. The normalized spacial score (nSPS) is 13.2. The number of thiazole rings is 1. The molecule has 0 saturated carbocycles. The number of ether oxygens (including phenoxy) is 1. The highest BCUT2D eigenvalue weighted by Crippen LogP contribution is 2.27. The summed E-state index contributed by atoms with van der Waals surface area (Å²) in [6, 6.07) is 0.365. The average molecular weight is 270 g/mol. The van der Waals surface area contributed by atoms with E-state index in [1.54, 1.807) is 7.11 Å². The molecule has 1 aromatic heterocycles. The van der Waals surface area contributed by atoms with Crippen molar-refractivity contribution in [2.24, 2.45) is 5.92 Å². The number of rotatable bonds is 8. The van der Waals surface area contributed by atoms with Crippen LogP contribution >= 0.6 is 11.3 Å². The molecule has 0 aliphatic rings. The average Bonchev–Trinajstić information content (AvgIpc) is 2.69. The van der Waals surface area contributed by atoms with Crippen molar-refractivity contribution in [3.8, 4) is 0 Å². The van der Waals surface area contributed by atoms with Crippen molar-refractivity contribution in [1.29, 1.82) is 0 Å². The quantitative estimate of drug-likeness (QED) is 0.736. The highest BCUT2D eigenvalue weighted by atomic mass is 32.1. The van der Waals surface area contributed by atoms with Crippen molar-refractivity contribution in [2.75, 3.05) is 20.3 Å². The van der Waals surface area contributed by atoms with Gasteiger partial charge in [-0.1, -0.05) is 20.8 Å². The number of aromatic nitrogens is 1. The van der Waals surface area contributed by atoms with Gasteiger partial charge >= 0.3 is 0 Å². The van der Waals surface area contributed by atoms with Gasteiger partial charge in [0.2, 0.25) is 0 Å². The van der Waals surface area contributed by atoms with E-state index < -0.39 is 0 Å². The van der Waals surface area contributed by atoms with E-state index in [2.05, 4.69) is 33.0 Å². The summed E-state index contributed by atoms with van der Waals surface area (Å²) in [5.74, 6) is 0.666. The van der Waals surface area contributed by atoms with Gasteiger partial charge < -0.3 is 10.1 Å². The van der Waals surface area contributed by atoms with Crippen LogP contribution in [0.5, 0.6) is 0 Å². The third-order valence-electron chi connectivity index (χ3n) is 2.95. The molecule has 1 atom stereocenters. The molecule has 1 rings (SSSR count). The van der Waals surface area contributed by atoms with E-state index in [4.69, 9.17) is 9.72 Å². The summed E-state index contributed by atoms with van der Waals surface area (Å²) >= 11 is 1.83. The van der Waals surface area contributed by atoms with E-state index in [0.717, 1.165) is 26.0 Å². The monoisotopic (exact) mass is 270 g/mol. The fourth-order valence-electron chi connectivity index (χ4n) is 2.01. The predicted molar refractivity (Wildman–Crippen MR) is 78.3 cm³/mol. The van der Waals surface area contributed by atoms with Gasteiger partial charge in [-0.25, -0.2) is 4.98 Å². The fourth-order valence-corrected chi connectivity index (χ4v) is 3.10. The van der Waals surface area contributed by atoms with Crippen LogP contribution in [0.4, 0.5) is 0 Å². The Balaban J connectivity index is 2.73. The summed E-state index contributed by atoms with van der Waals surface area (Å²) < 4.78 is 5.10. The van der Waals surface area contributed by atoms with Gasteiger partial charge in [-0.3, -0.25) is 0 Å². The first kappa shape index (κ1) is 15.6. The molecule has 0 radical (unpaired) electrons. The Kier molecular flexibility index (Phi) is 6.82. The first-order valence-corrected chi connectivity index (χ1v) is 7.58. The van der Waals surface area contributed by atoms with Crippen LogP contribution in [0.25, 0.3) is 0 Å². The van der Waals surface area contributed by atoms with Crippen LogP contribution in [-0.2, 0) is 11.2 Å². The first-order valence-electron chi connectivity index (χ1n) is 6.77. The van der Waals surface area contributed by atoms with Crippen molar-refractivity contribution in [2.45, 2.75) is 46.6 Å². The van der Waals surface area contributed by atoms with Gasteiger partial charge in [0.25, 0.3) is 0 Å². The van der Waals surface area contributed by atoms with Crippen LogP contribution in [0, 0.1) is 12.8 Å². The number of nitrogens with one attached hydrogen (secondary N) is 1. The molecule has 3 nitrogen and oxygen atoms in total. The van der Waals surface area contributed by atoms with Gasteiger partial charge in [-0.05, 0) is 25.7 Å². The van der Waals surface area contributed by atoms with Gasteiger partial charge in [0.15, 0.2) is 0 Å². The predicted octanol–water partition coefficient (Wildman–Crippen LogP) is 3.34. The van der Waals surface area contributed by atoms with Crippen LogP contribution < -0.4 is 5.32 Å². The zero-order valence-corrected chi connectivity index (χ0v) is 13.1. The second kappa shape index (κ2) is 7.87. The lowest BCUT2D eigenvalue weighted by atomic mass is 10.0. The third kappa shape index (κ3) is 4.67. The molecule has 4 heteroatoms. The molecule has 0 fully saturated rings. The van der Waals surface area contributed by atoms with Crippen molar-refractivity contribution in [3.63, 3.8) is 0 Å². The molecule has 0 bridgehead atoms. The minimum Gasteiger partial charge on any atom is -0.383 e. The molecule has 0 aliphatic heterocycles. The Morgan fingerprint density at radius 1 is 1.39 bits per heavy atom. The lowest BCUT2D eigenvalue weighted by Crippen LogP contribution is -2.26. The van der Waals surface area contributed by atoms with Crippen molar-refractivity contribution in [1.82, 2.24) is 10.3 Å². The molecule has 0 saturated heterocycles. The summed E-state index contributed by atoms with van der Waals surface area (Å²) in [7, 11) is 1.74. The van der Waals surface area contributed by atoms with E-state index in [0.29, 0.717) is 12.0 Å². The Morgan fingerprint density at radius 3 is 2.61 bits per heavy atom. The smallest absolute Gasteiger partial charge is 0.110 e. The largest absolute Gasteiger partial charge is 0.383 e. The van der Waals surface area contributed by atoms with E-state index in [1.165, 1.54) is 15.6 Å². The van der Waals surface area contributed by atoms with E-state index in [9.17, 15) is 0 Å². The molecule has 1 aromatic rings. The zero-order valence-electron chi connectivity index (χ0n) is 12.2.